The molecule has 7 heteroatoms. The van der Waals surface area contributed by atoms with Crippen molar-refractivity contribution in [2.45, 2.75) is 31.8 Å². The first-order valence-corrected chi connectivity index (χ1v) is 5.12. The maximum atomic E-state index is 12.5. The Bertz CT molecular complexity index is 432. The number of carboxylic acids is 1. The minimum atomic E-state index is -2.96. The number of carbonyl (C=O) groups is 1. The summed E-state index contributed by atoms with van der Waals surface area (Å²) >= 11 is 0. The van der Waals surface area contributed by atoms with Crippen LogP contribution in [0.25, 0.3) is 0 Å². The third kappa shape index (κ3) is 2.28. The molecule has 2 rings (SSSR count). The van der Waals surface area contributed by atoms with Crippen molar-refractivity contribution in [3.05, 3.63) is 17.3 Å². The first-order chi connectivity index (χ1) is 7.99. The minimum Gasteiger partial charge on any atom is -0.475 e. The second-order valence-corrected chi connectivity index (χ2v) is 3.95. The number of alkyl halides is 2. The number of hydrogen-bond donors (Lipinski definition) is 1. The van der Waals surface area contributed by atoms with E-state index in [1.165, 1.54) is 0 Å². The molecule has 1 saturated heterocycles. The Morgan fingerprint density at radius 3 is 2.71 bits per heavy atom. The van der Waals surface area contributed by atoms with E-state index in [9.17, 15) is 13.6 Å². The number of nitrogens with zero attached hydrogens (tertiary/aromatic N) is 1. The standard InChI is InChI=1S/C10H11F2NO4/c1-4-2-5(3-16-4)9-13-6(8(11)12)7(17-9)10(14)15/h4-5,8H,2-3H2,1H3,(H,14,15). The number of rotatable bonds is 3. The molecule has 1 aliphatic rings. The minimum absolute atomic E-state index is 0.00446. The van der Waals surface area contributed by atoms with Crippen LogP contribution in [0.1, 0.15) is 47.8 Å². The van der Waals surface area contributed by atoms with Gasteiger partial charge < -0.3 is 14.3 Å². The van der Waals surface area contributed by atoms with Crippen molar-refractivity contribution in [2.24, 2.45) is 0 Å². The van der Waals surface area contributed by atoms with Gasteiger partial charge in [0.05, 0.1) is 18.6 Å². The molecule has 0 amide bonds. The lowest BCUT2D eigenvalue weighted by Crippen LogP contribution is -2.00. The number of ether oxygens (including phenoxy) is 1. The Kier molecular flexibility index (Phi) is 3.10. The molecule has 2 heterocycles. The van der Waals surface area contributed by atoms with Crippen LogP contribution in [0.3, 0.4) is 0 Å². The molecule has 0 saturated carbocycles. The molecule has 0 radical (unpaired) electrons. The van der Waals surface area contributed by atoms with Crippen LogP contribution in [-0.4, -0.2) is 28.8 Å². The van der Waals surface area contributed by atoms with Crippen LogP contribution in [0.15, 0.2) is 4.42 Å². The van der Waals surface area contributed by atoms with Gasteiger partial charge in [0.25, 0.3) is 6.43 Å². The number of carboxylic acid groups (broad SMARTS) is 1. The molecule has 1 aromatic heterocycles. The summed E-state index contributed by atoms with van der Waals surface area (Å²) in [5, 5.41) is 8.72. The van der Waals surface area contributed by atoms with Crippen molar-refractivity contribution in [1.82, 2.24) is 4.98 Å². The van der Waals surface area contributed by atoms with Gasteiger partial charge in [-0.25, -0.2) is 18.6 Å². The summed E-state index contributed by atoms with van der Waals surface area (Å²) in [4.78, 5) is 14.3. The average Bonchev–Trinajstić information content (AvgIpc) is 2.82. The molecule has 0 spiro atoms. The highest BCUT2D eigenvalue weighted by atomic mass is 19.3. The quantitative estimate of drug-likeness (QED) is 0.886. The van der Waals surface area contributed by atoms with Crippen LogP contribution >= 0.6 is 0 Å². The van der Waals surface area contributed by atoms with Crippen LogP contribution in [0.4, 0.5) is 8.78 Å². The summed E-state index contributed by atoms with van der Waals surface area (Å²) in [6.07, 6.45) is -2.38. The Balaban J connectivity index is 2.30. The van der Waals surface area contributed by atoms with E-state index in [1.54, 1.807) is 0 Å². The summed E-state index contributed by atoms with van der Waals surface area (Å²) in [7, 11) is 0. The predicted octanol–water partition coefficient (Wildman–Crippen LogP) is 2.20. The van der Waals surface area contributed by atoms with Crippen molar-refractivity contribution in [3.63, 3.8) is 0 Å². The van der Waals surface area contributed by atoms with Gasteiger partial charge in [-0.1, -0.05) is 0 Å². The van der Waals surface area contributed by atoms with Crippen LogP contribution in [0.5, 0.6) is 0 Å². The molecule has 1 aliphatic heterocycles. The van der Waals surface area contributed by atoms with Gasteiger partial charge >= 0.3 is 5.97 Å². The highest BCUT2D eigenvalue weighted by Crippen LogP contribution is 2.32. The lowest BCUT2D eigenvalue weighted by atomic mass is 10.1. The first-order valence-electron chi connectivity index (χ1n) is 5.12. The topological polar surface area (TPSA) is 72.6 Å². The van der Waals surface area contributed by atoms with E-state index in [1.807, 2.05) is 6.92 Å². The third-order valence-electron chi connectivity index (χ3n) is 2.62. The van der Waals surface area contributed by atoms with Crippen LogP contribution < -0.4 is 0 Å². The summed E-state index contributed by atoms with van der Waals surface area (Å²) < 4.78 is 35.2. The first kappa shape index (κ1) is 12.0. The Morgan fingerprint density at radius 1 is 1.59 bits per heavy atom. The van der Waals surface area contributed by atoms with E-state index >= 15 is 0 Å². The Labute approximate surface area is 95.4 Å². The van der Waals surface area contributed by atoms with Gasteiger partial charge in [-0.3, -0.25) is 0 Å². The van der Waals surface area contributed by atoms with Crippen molar-refractivity contribution >= 4 is 5.97 Å². The number of aromatic nitrogens is 1. The Hall–Kier alpha value is -1.50. The van der Waals surface area contributed by atoms with Crippen molar-refractivity contribution in [2.75, 3.05) is 6.61 Å². The van der Waals surface area contributed by atoms with E-state index in [4.69, 9.17) is 14.3 Å². The van der Waals surface area contributed by atoms with Crippen molar-refractivity contribution < 1.29 is 27.8 Å². The highest BCUT2D eigenvalue weighted by Gasteiger charge is 2.32. The van der Waals surface area contributed by atoms with Gasteiger partial charge in [0.2, 0.25) is 11.7 Å². The molecule has 2 unspecified atom stereocenters. The Morgan fingerprint density at radius 2 is 2.29 bits per heavy atom. The van der Waals surface area contributed by atoms with E-state index in [0.29, 0.717) is 13.0 Å². The number of aromatic carboxylic acids is 1. The lowest BCUT2D eigenvalue weighted by molar-refractivity contribution is 0.0643. The predicted molar refractivity (Wildman–Crippen MR) is 51.2 cm³/mol. The summed E-state index contributed by atoms with van der Waals surface area (Å²) in [5.74, 6) is -2.56. The summed E-state index contributed by atoms with van der Waals surface area (Å²) in [6, 6.07) is 0. The van der Waals surface area contributed by atoms with Gasteiger partial charge in [0, 0.05) is 0 Å². The monoisotopic (exact) mass is 247 g/mol. The van der Waals surface area contributed by atoms with E-state index in [0.717, 1.165) is 0 Å². The molecule has 1 fully saturated rings. The largest absolute Gasteiger partial charge is 0.475 e. The van der Waals surface area contributed by atoms with Gasteiger partial charge in [-0.2, -0.15) is 0 Å². The zero-order chi connectivity index (χ0) is 12.6. The number of hydrogen-bond acceptors (Lipinski definition) is 4. The number of halogens is 2. The smallest absolute Gasteiger partial charge is 0.374 e. The van der Waals surface area contributed by atoms with Crippen molar-refractivity contribution in [3.8, 4) is 0 Å². The molecule has 0 aliphatic carbocycles. The van der Waals surface area contributed by atoms with Crippen LogP contribution in [0, 0.1) is 0 Å². The fourth-order valence-corrected chi connectivity index (χ4v) is 1.81. The van der Waals surface area contributed by atoms with Crippen molar-refractivity contribution in [1.29, 1.82) is 0 Å². The molecular formula is C10H11F2NO4. The fourth-order valence-electron chi connectivity index (χ4n) is 1.81. The summed E-state index contributed by atoms with van der Waals surface area (Å²) in [6.45, 7) is 2.15. The molecule has 2 atom stereocenters. The zero-order valence-electron chi connectivity index (χ0n) is 9.02. The molecule has 94 valence electrons. The fraction of sp³-hybridized carbons (Fsp3) is 0.600. The molecule has 1 N–H and O–H groups in total. The molecule has 1 aromatic rings. The molecular weight excluding hydrogens is 236 g/mol. The van der Waals surface area contributed by atoms with Crippen LogP contribution in [-0.2, 0) is 4.74 Å². The van der Waals surface area contributed by atoms with Crippen LogP contribution in [0.2, 0.25) is 0 Å². The van der Waals surface area contributed by atoms with E-state index < -0.39 is 23.8 Å². The van der Waals surface area contributed by atoms with Gasteiger partial charge in [-0.05, 0) is 13.3 Å². The molecule has 0 bridgehead atoms. The van der Waals surface area contributed by atoms with E-state index in [2.05, 4.69) is 4.98 Å². The number of oxazole rings is 1. The molecule has 0 aromatic carbocycles. The maximum absolute atomic E-state index is 12.5. The maximum Gasteiger partial charge on any atom is 0.374 e. The lowest BCUT2D eigenvalue weighted by Gasteiger charge is -1.99. The molecule has 17 heavy (non-hydrogen) atoms. The molecule has 5 nitrogen and oxygen atoms in total. The van der Waals surface area contributed by atoms with Gasteiger partial charge in [0.1, 0.15) is 0 Å². The van der Waals surface area contributed by atoms with E-state index in [-0.39, 0.29) is 17.9 Å². The summed E-state index contributed by atoms with van der Waals surface area (Å²) in [5.41, 5.74) is -0.813. The second kappa shape index (κ2) is 4.40. The average molecular weight is 247 g/mol. The van der Waals surface area contributed by atoms with Gasteiger partial charge in [0.15, 0.2) is 5.69 Å². The third-order valence-corrected chi connectivity index (χ3v) is 2.62. The SMILES string of the molecule is CC1CC(c2nc(C(F)F)c(C(=O)O)o2)CO1. The zero-order valence-corrected chi connectivity index (χ0v) is 9.02. The normalized spacial score (nSPS) is 24.5. The highest BCUT2D eigenvalue weighted by molar-refractivity contribution is 5.85. The second-order valence-electron chi connectivity index (χ2n) is 3.95. The van der Waals surface area contributed by atoms with Gasteiger partial charge in [-0.15, -0.1) is 0 Å².